The van der Waals surface area contributed by atoms with Crippen molar-refractivity contribution >= 4 is 11.7 Å². The lowest BCUT2D eigenvalue weighted by atomic mass is 10.2. The Labute approximate surface area is 105 Å². The van der Waals surface area contributed by atoms with Crippen molar-refractivity contribution in [1.82, 2.24) is 10.2 Å². The minimum Gasteiger partial charge on any atom is -0.409 e. The smallest absolute Gasteiger partial charge is 0.173 e. The maximum absolute atomic E-state index is 8.68. The van der Waals surface area contributed by atoms with Crippen LogP contribution >= 0.6 is 0 Å². The standard InChI is InChI=1S/C10H17N5O3/c1-15(4-6-18-7-5-16)10-8(9(11)14-17)2-3-12-13-10/h2-3,16-17H,4-7H2,1H3,(H2,11,14). The van der Waals surface area contributed by atoms with Crippen LogP contribution in [0.1, 0.15) is 5.56 Å². The molecule has 0 spiro atoms. The molecule has 8 nitrogen and oxygen atoms in total. The van der Waals surface area contributed by atoms with E-state index in [1.165, 1.54) is 6.20 Å². The first-order valence-electron chi connectivity index (χ1n) is 5.40. The Balaban J connectivity index is 2.70. The molecular weight excluding hydrogens is 238 g/mol. The summed E-state index contributed by atoms with van der Waals surface area (Å²) in [5, 5.41) is 27.9. The van der Waals surface area contributed by atoms with Gasteiger partial charge in [0.15, 0.2) is 11.7 Å². The zero-order chi connectivity index (χ0) is 13.4. The summed E-state index contributed by atoms with van der Waals surface area (Å²) in [6.45, 7) is 1.26. The number of aliphatic hydroxyl groups is 1. The highest BCUT2D eigenvalue weighted by atomic mass is 16.5. The Bertz CT molecular complexity index is 399. The van der Waals surface area contributed by atoms with Gasteiger partial charge in [0.1, 0.15) is 0 Å². The molecule has 1 heterocycles. The zero-order valence-electron chi connectivity index (χ0n) is 10.2. The molecule has 0 saturated carbocycles. The normalized spacial score (nSPS) is 11.6. The van der Waals surface area contributed by atoms with E-state index in [4.69, 9.17) is 20.8 Å². The highest BCUT2D eigenvalue weighted by molar-refractivity contribution is 6.01. The topological polar surface area (TPSA) is 117 Å². The number of hydrogen-bond acceptors (Lipinski definition) is 7. The third kappa shape index (κ3) is 3.82. The number of nitrogens with zero attached hydrogens (tertiary/aromatic N) is 4. The van der Waals surface area contributed by atoms with Gasteiger partial charge in [0.2, 0.25) is 0 Å². The molecule has 1 aromatic heterocycles. The molecular formula is C10H17N5O3. The first-order valence-corrected chi connectivity index (χ1v) is 5.40. The maximum atomic E-state index is 8.68. The predicted molar refractivity (Wildman–Crippen MR) is 65.7 cm³/mol. The van der Waals surface area contributed by atoms with Crippen LogP contribution < -0.4 is 10.6 Å². The van der Waals surface area contributed by atoms with Crippen LogP contribution in [0.15, 0.2) is 17.4 Å². The van der Waals surface area contributed by atoms with Gasteiger partial charge < -0.3 is 25.7 Å². The van der Waals surface area contributed by atoms with Crippen molar-refractivity contribution in [2.45, 2.75) is 0 Å². The van der Waals surface area contributed by atoms with Crippen LogP contribution in [0.25, 0.3) is 0 Å². The first-order chi connectivity index (χ1) is 8.70. The van der Waals surface area contributed by atoms with E-state index in [1.807, 2.05) is 0 Å². The van der Waals surface area contributed by atoms with E-state index < -0.39 is 0 Å². The summed E-state index contributed by atoms with van der Waals surface area (Å²) in [6, 6.07) is 1.61. The van der Waals surface area contributed by atoms with Crippen molar-refractivity contribution in [3.8, 4) is 0 Å². The van der Waals surface area contributed by atoms with E-state index in [2.05, 4.69) is 15.4 Å². The third-order valence-corrected chi connectivity index (χ3v) is 2.25. The molecule has 1 aromatic rings. The molecule has 1 rings (SSSR count). The van der Waals surface area contributed by atoms with E-state index in [0.29, 0.717) is 31.1 Å². The number of nitrogens with two attached hydrogens (primary N) is 1. The van der Waals surface area contributed by atoms with Gasteiger partial charge in [0, 0.05) is 13.6 Å². The second kappa shape index (κ2) is 7.41. The number of ether oxygens (including phenoxy) is 1. The van der Waals surface area contributed by atoms with Gasteiger partial charge in [-0.05, 0) is 6.07 Å². The van der Waals surface area contributed by atoms with Gasteiger partial charge in [-0.3, -0.25) is 0 Å². The number of likely N-dealkylation sites (N-methyl/N-ethyl adjacent to an activating group) is 1. The predicted octanol–water partition coefficient (Wildman–Crippen LogP) is -0.984. The molecule has 0 saturated heterocycles. The lowest BCUT2D eigenvalue weighted by Crippen LogP contribution is -2.28. The van der Waals surface area contributed by atoms with Gasteiger partial charge >= 0.3 is 0 Å². The monoisotopic (exact) mass is 255 g/mol. The van der Waals surface area contributed by atoms with Crippen molar-refractivity contribution in [3.05, 3.63) is 17.8 Å². The van der Waals surface area contributed by atoms with E-state index in [9.17, 15) is 0 Å². The molecule has 0 fully saturated rings. The van der Waals surface area contributed by atoms with Crippen LogP contribution in [0, 0.1) is 0 Å². The molecule has 8 heteroatoms. The third-order valence-electron chi connectivity index (χ3n) is 2.25. The number of aromatic nitrogens is 2. The molecule has 4 N–H and O–H groups in total. The number of amidine groups is 1. The molecule has 0 unspecified atom stereocenters. The average Bonchev–Trinajstić information content (AvgIpc) is 2.42. The Hall–Kier alpha value is -1.93. The molecule has 0 atom stereocenters. The Morgan fingerprint density at radius 2 is 2.33 bits per heavy atom. The molecule has 0 aromatic carbocycles. The van der Waals surface area contributed by atoms with Gasteiger partial charge in [0.05, 0.1) is 31.6 Å². The van der Waals surface area contributed by atoms with E-state index in [-0.39, 0.29) is 12.4 Å². The fourth-order valence-electron chi connectivity index (χ4n) is 1.33. The van der Waals surface area contributed by atoms with E-state index >= 15 is 0 Å². The molecule has 0 radical (unpaired) electrons. The Morgan fingerprint density at radius 1 is 1.56 bits per heavy atom. The van der Waals surface area contributed by atoms with Crippen LogP contribution in [0.5, 0.6) is 0 Å². The van der Waals surface area contributed by atoms with Crippen LogP contribution in [0.4, 0.5) is 5.82 Å². The number of hydrogen-bond donors (Lipinski definition) is 3. The fraction of sp³-hybridized carbons (Fsp3) is 0.500. The van der Waals surface area contributed by atoms with Gasteiger partial charge in [-0.15, -0.1) is 5.10 Å². The van der Waals surface area contributed by atoms with Crippen molar-refractivity contribution in [2.24, 2.45) is 10.9 Å². The van der Waals surface area contributed by atoms with Crippen LogP contribution in [-0.2, 0) is 4.74 Å². The SMILES string of the molecule is CN(CCOCCO)c1nnccc1/C(N)=N/O. The lowest BCUT2D eigenvalue weighted by molar-refractivity contribution is 0.0970. The fourth-order valence-corrected chi connectivity index (χ4v) is 1.33. The first kappa shape index (κ1) is 14.1. The lowest BCUT2D eigenvalue weighted by Gasteiger charge is -2.19. The summed E-state index contributed by atoms with van der Waals surface area (Å²) in [5.41, 5.74) is 6.05. The Morgan fingerprint density at radius 3 is 3.00 bits per heavy atom. The Kier molecular flexibility index (Phi) is 5.81. The quantitative estimate of drug-likeness (QED) is 0.188. The summed E-state index contributed by atoms with van der Waals surface area (Å²) in [4.78, 5) is 1.78. The highest BCUT2D eigenvalue weighted by Crippen LogP contribution is 2.13. The van der Waals surface area contributed by atoms with E-state index in [1.54, 1.807) is 18.0 Å². The molecule has 18 heavy (non-hydrogen) atoms. The maximum Gasteiger partial charge on any atom is 0.173 e. The van der Waals surface area contributed by atoms with Crippen LogP contribution in [0.2, 0.25) is 0 Å². The molecule has 0 aliphatic carbocycles. The highest BCUT2D eigenvalue weighted by Gasteiger charge is 2.12. The van der Waals surface area contributed by atoms with Crippen LogP contribution in [-0.4, -0.2) is 59.8 Å². The van der Waals surface area contributed by atoms with E-state index in [0.717, 1.165) is 0 Å². The average molecular weight is 255 g/mol. The van der Waals surface area contributed by atoms with Gasteiger partial charge in [-0.2, -0.15) is 5.10 Å². The van der Waals surface area contributed by atoms with Crippen molar-refractivity contribution in [1.29, 1.82) is 0 Å². The number of oxime groups is 1. The number of anilines is 1. The molecule has 0 aliphatic rings. The molecule has 0 amide bonds. The number of rotatable bonds is 7. The molecule has 0 aliphatic heterocycles. The van der Waals surface area contributed by atoms with Crippen LogP contribution in [0.3, 0.4) is 0 Å². The van der Waals surface area contributed by atoms with Crippen molar-refractivity contribution in [3.63, 3.8) is 0 Å². The summed E-state index contributed by atoms with van der Waals surface area (Å²) < 4.78 is 5.15. The molecule has 100 valence electrons. The van der Waals surface area contributed by atoms with Crippen molar-refractivity contribution in [2.75, 3.05) is 38.3 Å². The molecule has 0 bridgehead atoms. The second-order valence-corrected chi connectivity index (χ2v) is 3.51. The van der Waals surface area contributed by atoms with Gasteiger partial charge in [-0.1, -0.05) is 5.16 Å². The van der Waals surface area contributed by atoms with Gasteiger partial charge in [-0.25, -0.2) is 0 Å². The largest absolute Gasteiger partial charge is 0.409 e. The second-order valence-electron chi connectivity index (χ2n) is 3.51. The summed E-state index contributed by atoms with van der Waals surface area (Å²) in [5.74, 6) is 0.475. The summed E-state index contributed by atoms with van der Waals surface area (Å²) >= 11 is 0. The summed E-state index contributed by atoms with van der Waals surface area (Å²) in [6.07, 6.45) is 1.47. The number of aliphatic hydroxyl groups excluding tert-OH is 1. The van der Waals surface area contributed by atoms with Gasteiger partial charge in [0.25, 0.3) is 0 Å². The zero-order valence-corrected chi connectivity index (χ0v) is 10.2. The minimum absolute atomic E-state index is 0.00970. The van der Waals surface area contributed by atoms with Crippen molar-refractivity contribution < 1.29 is 15.1 Å². The minimum atomic E-state index is -0.0250. The summed E-state index contributed by atoms with van der Waals surface area (Å²) in [7, 11) is 1.79.